The van der Waals surface area contributed by atoms with Crippen LogP contribution in [-0.4, -0.2) is 29.5 Å². The van der Waals surface area contributed by atoms with Crippen molar-refractivity contribution >= 4 is 17.2 Å². The van der Waals surface area contributed by atoms with Crippen LogP contribution in [0.4, 0.5) is 0 Å². The van der Waals surface area contributed by atoms with E-state index in [2.05, 4.69) is 22.2 Å². The normalized spacial score (nSPS) is 11.8. The lowest BCUT2D eigenvalue weighted by Crippen LogP contribution is -2.26. The highest BCUT2D eigenvalue weighted by molar-refractivity contribution is 7.13. The molecule has 27 heavy (non-hydrogen) atoms. The van der Waals surface area contributed by atoms with Crippen LogP contribution in [0.1, 0.15) is 30.5 Å². The van der Waals surface area contributed by atoms with Crippen molar-refractivity contribution in [2.75, 3.05) is 13.7 Å². The standard InChI is InChI=1S/C21H23N3O2S/c1-15(16-6-8-18(26-2)9-7-16)13-20(25)23-12-10-17-14-27-21(24-17)19-5-3-4-11-22-19/h3-9,11,14-15H,10,12-13H2,1-2H3,(H,23,25). The Balaban J connectivity index is 1.44. The highest BCUT2D eigenvalue weighted by Gasteiger charge is 2.12. The van der Waals surface area contributed by atoms with Gasteiger partial charge in [0.05, 0.1) is 18.5 Å². The molecule has 6 heteroatoms. The maximum atomic E-state index is 12.2. The number of methoxy groups -OCH3 is 1. The molecule has 2 aromatic heterocycles. The van der Waals surface area contributed by atoms with E-state index in [1.807, 2.05) is 47.8 Å². The van der Waals surface area contributed by atoms with E-state index in [4.69, 9.17) is 4.74 Å². The molecule has 5 nitrogen and oxygen atoms in total. The monoisotopic (exact) mass is 381 g/mol. The molecule has 0 aliphatic rings. The van der Waals surface area contributed by atoms with Gasteiger partial charge in [0.2, 0.25) is 5.91 Å². The van der Waals surface area contributed by atoms with Gasteiger partial charge in [0.25, 0.3) is 0 Å². The van der Waals surface area contributed by atoms with Crippen LogP contribution in [0.15, 0.2) is 54.0 Å². The van der Waals surface area contributed by atoms with Gasteiger partial charge in [0, 0.05) is 31.0 Å². The Labute approximate surface area is 163 Å². The highest BCUT2D eigenvalue weighted by Crippen LogP contribution is 2.22. The van der Waals surface area contributed by atoms with Gasteiger partial charge in [-0.25, -0.2) is 4.98 Å². The third-order valence-corrected chi connectivity index (χ3v) is 5.23. The molecule has 0 saturated carbocycles. The number of pyridine rings is 1. The van der Waals surface area contributed by atoms with Crippen LogP contribution in [0.5, 0.6) is 5.75 Å². The summed E-state index contributed by atoms with van der Waals surface area (Å²) in [5, 5.41) is 5.92. The summed E-state index contributed by atoms with van der Waals surface area (Å²) >= 11 is 1.58. The summed E-state index contributed by atoms with van der Waals surface area (Å²) in [4.78, 5) is 21.1. The average Bonchev–Trinajstić information content (AvgIpc) is 3.17. The average molecular weight is 382 g/mol. The third-order valence-electron chi connectivity index (χ3n) is 4.32. The Hall–Kier alpha value is -2.73. The smallest absolute Gasteiger partial charge is 0.220 e. The molecule has 1 unspecified atom stereocenters. The first-order valence-electron chi connectivity index (χ1n) is 8.92. The molecule has 2 heterocycles. The van der Waals surface area contributed by atoms with Crippen molar-refractivity contribution in [1.29, 1.82) is 0 Å². The van der Waals surface area contributed by atoms with Crippen molar-refractivity contribution in [2.24, 2.45) is 0 Å². The minimum absolute atomic E-state index is 0.0542. The predicted molar refractivity (Wildman–Crippen MR) is 108 cm³/mol. The van der Waals surface area contributed by atoms with Crippen molar-refractivity contribution < 1.29 is 9.53 Å². The van der Waals surface area contributed by atoms with E-state index in [0.717, 1.165) is 27.7 Å². The number of hydrogen-bond acceptors (Lipinski definition) is 5. The predicted octanol–water partition coefficient (Wildman–Crippen LogP) is 4.07. The van der Waals surface area contributed by atoms with Gasteiger partial charge in [-0.05, 0) is 35.7 Å². The van der Waals surface area contributed by atoms with Crippen molar-refractivity contribution in [3.05, 3.63) is 65.3 Å². The lowest BCUT2D eigenvalue weighted by atomic mass is 9.97. The fraction of sp³-hybridized carbons (Fsp3) is 0.286. The van der Waals surface area contributed by atoms with Gasteiger partial charge < -0.3 is 10.1 Å². The van der Waals surface area contributed by atoms with E-state index in [0.29, 0.717) is 19.4 Å². The number of nitrogens with one attached hydrogen (secondary N) is 1. The van der Waals surface area contributed by atoms with E-state index < -0.39 is 0 Å². The molecule has 0 spiro atoms. The van der Waals surface area contributed by atoms with Gasteiger partial charge >= 0.3 is 0 Å². The number of ether oxygens (including phenoxy) is 1. The van der Waals surface area contributed by atoms with E-state index in [1.165, 1.54) is 0 Å². The molecule has 0 aliphatic carbocycles. The van der Waals surface area contributed by atoms with Gasteiger partial charge in [-0.1, -0.05) is 25.1 Å². The number of aromatic nitrogens is 2. The third kappa shape index (κ3) is 5.37. The van der Waals surface area contributed by atoms with Crippen LogP contribution < -0.4 is 10.1 Å². The van der Waals surface area contributed by atoms with Gasteiger partial charge in [-0.2, -0.15) is 0 Å². The minimum atomic E-state index is 0.0542. The molecule has 0 aliphatic heterocycles. The molecule has 0 fully saturated rings. The summed E-state index contributed by atoms with van der Waals surface area (Å²) in [7, 11) is 1.65. The highest BCUT2D eigenvalue weighted by atomic mass is 32.1. The maximum Gasteiger partial charge on any atom is 0.220 e. The fourth-order valence-electron chi connectivity index (χ4n) is 2.76. The SMILES string of the molecule is COc1ccc(C(C)CC(=O)NCCc2csc(-c3ccccn3)n2)cc1. The Morgan fingerprint density at radius 1 is 1.22 bits per heavy atom. The molecule has 0 radical (unpaired) electrons. The number of benzene rings is 1. The van der Waals surface area contributed by atoms with E-state index >= 15 is 0 Å². The van der Waals surface area contributed by atoms with E-state index in [1.54, 1.807) is 24.6 Å². The maximum absolute atomic E-state index is 12.2. The van der Waals surface area contributed by atoms with Crippen molar-refractivity contribution in [1.82, 2.24) is 15.3 Å². The zero-order chi connectivity index (χ0) is 19.1. The largest absolute Gasteiger partial charge is 0.497 e. The number of nitrogens with zero attached hydrogens (tertiary/aromatic N) is 2. The molecule has 1 atom stereocenters. The lowest BCUT2D eigenvalue weighted by molar-refractivity contribution is -0.121. The molecule has 3 rings (SSSR count). The Morgan fingerprint density at radius 2 is 2.04 bits per heavy atom. The second kappa shape index (κ2) is 9.28. The number of carbonyl (C=O) groups is 1. The van der Waals surface area contributed by atoms with Gasteiger partial charge in [-0.3, -0.25) is 9.78 Å². The first-order chi connectivity index (χ1) is 13.2. The summed E-state index contributed by atoms with van der Waals surface area (Å²) in [6.07, 6.45) is 2.94. The molecule has 1 aromatic carbocycles. The molecule has 1 N–H and O–H groups in total. The zero-order valence-corrected chi connectivity index (χ0v) is 16.3. The van der Waals surface area contributed by atoms with Crippen LogP contribution >= 0.6 is 11.3 Å². The van der Waals surface area contributed by atoms with E-state index in [-0.39, 0.29) is 11.8 Å². The van der Waals surface area contributed by atoms with Crippen LogP contribution in [0.3, 0.4) is 0 Å². The summed E-state index contributed by atoms with van der Waals surface area (Å²) in [6.45, 7) is 2.64. The molecular formula is C21H23N3O2S. The topological polar surface area (TPSA) is 64.1 Å². The lowest BCUT2D eigenvalue weighted by Gasteiger charge is -2.12. The van der Waals surface area contributed by atoms with Crippen molar-refractivity contribution in [3.63, 3.8) is 0 Å². The number of carbonyl (C=O) groups excluding carboxylic acids is 1. The Morgan fingerprint density at radius 3 is 2.74 bits per heavy atom. The summed E-state index contributed by atoms with van der Waals surface area (Å²) < 4.78 is 5.17. The molecule has 3 aromatic rings. The van der Waals surface area contributed by atoms with Crippen LogP contribution in [-0.2, 0) is 11.2 Å². The Kier molecular flexibility index (Phi) is 6.54. The first kappa shape index (κ1) is 19.0. The minimum Gasteiger partial charge on any atom is -0.497 e. The van der Waals surface area contributed by atoms with Crippen LogP contribution in [0, 0.1) is 0 Å². The summed E-state index contributed by atoms with van der Waals surface area (Å²) in [5.74, 6) is 1.04. The first-order valence-corrected chi connectivity index (χ1v) is 9.80. The molecular weight excluding hydrogens is 358 g/mol. The number of amides is 1. The number of rotatable bonds is 8. The van der Waals surface area contributed by atoms with Gasteiger partial charge in [0.1, 0.15) is 10.8 Å². The molecule has 0 saturated heterocycles. The number of hydrogen-bond donors (Lipinski definition) is 1. The zero-order valence-electron chi connectivity index (χ0n) is 15.5. The van der Waals surface area contributed by atoms with Crippen LogP contribution in [0.2, 0.25) is 0 Å². The molecule has 0 bridgehead atoms. The molecule has 1 amide bonds. The van der Waals surface area contributed by atoms with Crippen LogP contribution in [0.25, 0.3) is 10.7 Å². The molecule has 140 valence electrons. The fourth-order valence-corrected chi connectivity index (χ4v) is 3.59. The quantitative estimate of drug-likeness (QED) is 0.639. The summed E-state index contributed by atoms with van der Waals surface area (Å²) in [6, 6.07) is 13.6. The second-order valence-corrected chi connectivity index (χ2v) is 7.20. The second-order valence-electron chi connectivity index (χ2n) is 6.34. The van der Waals surface area contributed by atoms with Crippen molar-refractivity contribution in [3.8, 4) is 16.5 Å². The van der Waals surface area contributed by atoms with Gasteiger partial charge in [0.15, 0.2) is 0 Å². The Bertz CT molecular complexity index is 863. The van der Waals surface area contributed by atoms with E-state index in [9.17, 15) is 4.79 Å². The summed E-state index contributed by atoms with van der Waals surface area (Å²) in [5.41, 5.74) is 2.99. The van der Waals surface area contributed by atoms with Gasteiger partial charge in [-0.15, -0.1) is 11.3 Å². The number of thiazole rings is 1. The van der Waals surface area contributed by atoms with Crippen molar-refractivity contribution in [2.45, 2.75) is 25.7 Å².